The van der Waals surface area contributed by atoms with E-state index in [2.05, 4.69) is 33.0 Å². The molecule has 0 unspecified atom stereocenters. The molecule has 11 atom stereocenters. The molecule has 0 saturated heterocycles. The lowest BCUT2D eigenvalue weighted by Gasteiger charge is -2.65. The van der Waals surface area contributed by atoms with E-state index in [1.54, 1.807) is 0 Å². The van der Waals surface area contributed by atoms with Crippen LogP contribution < -0.4 is 22.5 Å². The molecule has 0 aromatic heterocycles. The largest absolute Gasteiger partial charge is 0.378 e. The van der Waals surface area contributed by atoms with Gasteiger partial charge in [-0.3, -0.25) is 0 Å². The van der Waals surface area contributed by atoms with Gasteiger partial charge in [-0.05, 0) is 157 Å². The third-order valence-corrected chi connectivity index (χ3v) is 13.5. The van der Waals surface area contributed by atoms with E-state index >= 15 is 0 Å². The Labute approximate surface area is 277 Å². The van der Waals surface area contributed by atoms with Crippen molar-refractivity contribution in [2.75, 3.05) is 52.5 Å². The van der Waals surface area contributed by atoms with Crippen LogP contribution in [0.4, 0.5) is 0 Å². The van der Waals surface area contributed by atoms with E-state index in [0.29, 0.717) is 78.9 Å². The van der Waals surface area contributed by atoms with Crippen molar-refractivity contribution in [2.24, 2.45) is 63.5 Å². The minimum Gasteiger partial charge on any atom is -0.378 e. The number of rotatable bonds is 21. The van der Waals surface area contributed by atoms with Crippen molar-refractivity contribution >= 4 is 0 Å². The van der Waals surface area contributed by atoms with Crippen LogP contribution in [0, 0.1) is 46.3 Å². The first kappa shape index (κ1) is 37.5. The van der Waals surface area contributed by atoms with Crippen LogP contribution in [0.2, 0.25) is 0 Å². The monoisotopic (exact) mass is 635 g/mol. The molecule has 0 aromatic rings. The SMILES string of the molecule is CCCCCNCCC[C@@H](C)[C@H]1CC[C@H]2[C@@H]3[C@H](OCCCN)C[C@@H]4C[C@H](OCCCN)CC[C@]4(C)[C@H]3C[C@H](OCCCN)[C@]12C. The molecule has 4 aliphatic rings. The minimum atomic E-state index is 0.185. The topological polar surface area (TPSA) is 118 Å². The molecule has 4 saturated carbocycles. The Hall–Kier alpha value is -0.280. The van der Waals surface area contributed by atoms with E-state index < -0.39 is 0 Å². The molecule has 4 rings (SSSR count). The van der Waals surface area contributed by atoms with Gasteiger partial charge in [0.25, 0.3) is 0 Å². The molecule has 0 aliphatic heterocycles. The first-order chi connectivity index (χ1) is 21.8. The van der Waals surface area contributed by atoms with Gasteiger partial charge in [0.2, 0.25) is 0 Å². The molecular formula is C38H74N4O3. The van der Waals surface area contributed by atoms with Gasteiger partial charge in [-0.15, -0.1) is 0 Å². The average Bonchev–Trinajstić information content (AvgIpc) is 3.39. The molecule has 0 bridgehead atoms. The Morgan fingerprint density at radius 2 is 1.44 bits per heavy atom. The fraction of sp³-hybridized carbons (Fsp3) is 1.00. The van der Waals surface area contributed by atoms with Gasteiger partial charge in [-0.1, -0.05) is 40.5 Å². The van der Waals surface area contributed by atoms with Gasteiger partial charge < -0.3 is 36.7 Å². The molecule has 7 N–H and O–H groups in total. The summed E-state index contributed by atoms with van der Waals surface area (Å²) in [4.78, 5) is 0. The highest BCUT2D eigenvalue weighted by Gasteiger charge is 2.66. The van der Waals surface area contributed by atoms with Gasteiger partial charge >= 0.3 is 0 Å². The predicted molar refractivity (Wildman–Crippen MR) is 187 cm³/mol. The molecule has 4 fully saturated rings. The second kappa shape index (κ2) is 18.5. The van der Waals surface area contributed by atoms with Gasteiger partial charge in [-0.2, -0.15) is 0 Å². The maximum absolute atomic E-state index is 7.01. The first-order valence-corrected chi connectivity index (χ1v) is 19.5. The second-order valence-electron chi connectivity index (χ2n) is 16.1. The zero-order chi connectivity index (χ0) is 32.3. The predicted octanol–water partition coefficient (Wildman–Crippen LogP) is 6.26. The number of fused-ring (bicyclic) bond motifs is 5. The van der Waals surface area contributed by atoms with Crippen molar-refractivity contribution in [1.82, 2.24) is 5.32 Å². The Kier molecular flexibility index (Phi) is 15.4. The fourth-order valence-electron chi connectivity index (χ4n) is 11.0. The smallest absolute Gasteiger partial charge is 0.0637 e. The van der Waals surface area contributed by atoms with Crippen LogP contribution in [-0.2, 0) is 14.2 Å². The zero-order valence-electron chi connectivity index (χ0n) is 29.9. The molecule has 0 spiro atoms. The van der Waals surface area contributed by atoms with Crippen molar-refractivity contribution in [3.8, 4) is 0 Å². The highest BCUT2D eigenvalue weighted by atomic mass is 16.5. The normalized spacial score (nSPS) is 38.5. The van der Waals surface area contributed by atoms with E-state index in [0.717, 1.165) is 58.6 Å². The van der Waals surface area contributed by atoms with Gasteiger partial charge in [0.1, 0.15) is 0 Å². The van der Waals surface area contributed by atoms with Gasteiger partial charge in [0.15, 0.2) is 0 Å². The lowest BCUT2D eigenvalue weighted by molar-refractivity contribution is -0.227. The summed E-state index contributed by atoms with van der Waals surface area (Å²) in [7, 11) is 0. The van der Waals surface area contributed by atoms with Crippen LogP contribution in [0.15, 0.2) is 0 Å². The van der Waals surface area contributed by atoms with Crippen LogP contribution in [-0.4, -0.2) is 70.9 Å². The third kappa shape index (κ3) is 8.85. The number of nitrogens with one attached hydrogen (secondary N) is 1. The number of unbranched alkanes of at least 4 members (excludes halogenated alkanes) is 2. The maximum Gasteiger partial charge on any atom is 0.0637 e. The number of nitrogens with two attached hydrogens (primary N) is 3. The molecule has 264 valence electrons. The van der Waals surface area contributed by atoms with Crippen molar-refractivity contribution in [1.29, 1.82) is 0 Å². The van der Waals surface area contributed by atoms with Crippen LogP contribution in [0.25, 0.3) is 0 Å². The Morgan fingerprint density at radius 1 is 0.756 bits per heavy atom. The van der Waals surface area contributed by atoms with Gasteiger partial charge in [0.05, 0.1) is 18.3 Å². The molecule has 0 radical (unpaired) electrons. The number of hydrogen-bond donors (Lipinski definition) is 4. The highest BCUT2D eigenvalue weighted by molar-refractivity contribution is 5.15. The number of ether oxygens (including phenoxy) is 3. The Bertz CT molecular complexity index is 833. The van der Waals surface area contributed by atoms with Crippen LogP contribution in [0.5, 0.6) is 0 Å². The lowest BCUT2D eigenvalue weighted by atomic mass is 9.43. The molecular weight excluding hydrogens is 560 g/mol. The fourth-order valence-corrected chi connectivity index (χ4v) is 11.0. The molecule has 45 heavy (non-hydrogen) atoms. The summed E-state index contributed by atoms with van der Waals surface area (Å²) in [6.45, 7) is 16.9. The Balaban J connectivity index is 1.54. The van der Waals surface area contributed by atoms with Crippen LogP contribution >= 0.6 is 0 Å². The summed E-state index contributed by atoms with van der Waals surface area (Å²) < 4.78 is 20.3. The van der Waals surface area contributed by atoms with Crippen molar-refractivity contribution in [3.05, 3.63) is 0 Å². The second-order valence-corrected chi connectivity index (χ2v) is 16.1. The van der Waals surface area contributed by atoms with E-state index in [4.69, 9.17) is 31.4 Å². The van der Waals surface area contributed by atoms with Gasteiger partial charge in [-0.25, -0.2) is 0 Å². The van der Waals surface area contributed by atoms with Gasteiger partial charge in [0, 0.05) is 25.2 Å². The van der Waals surface area contributed by atoms with Crippen molar-refractivity contribution in [2.45, 2.75) is 142 Å². The summed E-state index contributed by atoms with van der Waals surface area (Å²) in [6, 6.07) is 0. The lowest BCUT2D eigenvalue weighted by Crippen LogP contribution is -2.63. The van der Waals surface area contributed by atoms with Crippen LogP contribution in [0.1, 0.15) is 124 Å². The third-order valence-electron chi connectivity index (χ3n) is 13.5. The summed E-state index contributed by atoms with van der Waals surface area (Å²) in [5, 5.41) is 3.71. The summed E-state index contributed by atoms with van der Waals surface area (Å²) in [5.41, 5.74) is 18.2. The zero-order valence-corrected chi connectivity index (χ0v) is 29.9. The minimum absolute atomic E-state index is 0.185. The summed E-state index contributed by atoms with van der Waals surface area (Å²) in [6.07, 6.45) is 18.9. The number of hydrogen-bond acceptors (Lipinski definition) is 7. The summed E-state index contributed by atoms with van der Waals surface area (Å²) in [5.74, 6) is 3.93. The quantitative estimate of drug-likeness (QED) is 0.110. The molecule has 0 amide bonds. The van der Waals surface area contributed by atoms with E-state index in [-0.39, 0.29) is 5.41 Å². The molecule has 4 aliphatic carbocycles. The highest BCUT2D eigenvalue weighted by Crippen LogP contribution is 2.69. The summed E-state index contributed by atoms with van der Waals surface area (Å²) >= 11 is 0. The van der Waals surface area contributed by atoms with Crippen molar-refractivity contribution in [3.63, 3.8) is 0 Å². The average molecular weight is 635 g/mol. The first-order valence-electron chi connectivity index (χ1n) is 19.5. The molecule has 0 aromatic carbocycles. The molecule has 7 heteroatoms. The van der Waals surface area contributed by atoms with E-state index in [1.807, 2.05) is 0 Å². The van der Waals surface area contributed by atoms with E-state index in [9.17, 15) is 0 Å². The Morgan fingerprint density at radius 3 is 2.16 bits per heavy atom. The molecule has 0 heterocycles. The van der Waals surface area contributed by atoms with Crippen LogP contribution in [0.3, 0.4) is 0 Å². The maximum atomic E-state index is 7.01. The van der Waals surface area contributed by atoms with E-state index in [1.165, 1.54) is 70.6 Å². The van der Waals surface area contributed by atoms with Crippen molar-refractivity contribution < 1.29 is 14.2 Å². The molecule has 7 nitrogen and oxygen atoms in total. The standard InChI is InChI=1S/C38H74N4O3/c1-5-6-7-20-42-21-8-12-28(2)31-13-14-32-36-33(27-35(38(31,32)4)45-24-11-19-41)37(3)16-15-30(43-22-9-17-39)25-29(37)26-34(36)44-23-10-18-40/h28-36,42H,5-27,39-41H2,1-4H3/t28-,29+,30-,31-,32+,33+,34-,35+,36+,37+,38-/m1/s1.